The summed E-state index contributed by atoms with van der Waals surface area (Å²) in [5, 5.41) is 0. The lowest BCUT2D eigenvalue weighted by molar-refractivity contribution is 0.104. The van der Waals surface area contributed by atoms with Crippen molar-refractivity contribution in [3.05, 3.63) is 94.0 Å². The summed E-state index contributed by atoms with van der Waals surface area (Å²) in [6.07, 6.45) is 3.42. The standard InChI is InChI=1S/C27H26BrNO4/c1-31-26-13-7-20(18-22(26)19-33-27-5-3-2-4-24(27)28)6-12-25(30)21-8-10-23(11-9-21)29-14-16-32-17-15-29/h2-13,18H,14-17,19H2,1H3/b12-6+. The van der Waals surface area contributed by atoms with Crippen molar-refractivity contribution in [2.24, 2.45) is 0 Å². The normalized spacial score (nSPS) is 13.8. The lowest BCUT2D eigenvalue weighted by Gasteiger charge is -2.28. The van der Waals surface area contributed by atoms with Crippen molar-refractivity contribution in [1.82, 2.24) is 0 Å². The second-order valence-electron chi connectivity index (χ2n) is 7.63. The Morgan fingerprint density at radius 3 is 2.52 bits per heavy atom. The molecule has 170 valence electrons. The summed E-state index contributed by atoms with van der Waals surface area (Å²) in [6, 6.07) is 21.2. The van der Waals surface area contributed by atoms with Crippen LogP contribution in [0.2, 0.25) is 0 Å². The number of anilines is 1. The van der Waals surface area contributed by atoms with Gasteiger partial charge >= 0.3 is 0 Å². The minimum absolute atomic E-state index is 0.0367. The second kappa shape index (κ2) is 11.2. The maximum atomic E-state index is 12.7. The van der Waals surface area contributed by atoms with Crippen LogP contribution in [-0.4, -0.2) is 39.2 Å². The van der Waals surface area contributed by atoms with Crippen LogP contribution in [0.3, 0.4) is 0 Å². The minimum atomic E-state index is -0.0367. The third-order valence-electron chi connectivity index (χ3n) is 5.48. The molecule has 0 aromatic heterocycles. The van der Waals surface area contributed by atoms with Crippen LogP contribution in [-0.2, 0) is 11.3 Å². The topological polar surface area (TPSA) is 48.0 Å². The number of nitrogens with zero attached hydrogens (tertiary/aromatic N) is 1. The van der Waals surface area contributed by atoms with E-state index in [0.717, 1.165) is 59.1 Å². The van der Waals surface area contributed by atoms with E-state index in [1.165, 1.54) is 0 Å². The number of para-hydroxylation sites is 1. The molecule has 33 heavy (non-hydrogen) atoms. The summed E-state index contributed by atoms with van der Waals surface area (Å²) >= 11 is 3.50. The molecule has 0 saturated carbocycles. The number of allylic oxidation sites excluding steroid dienone is 1. The van der Waals surface area contributed by atoms with Gasteiger partial charge in [-0.2, -0.15) is 0 Å². The zero-order valence-electron chi connectivity index (χ0n) is 18.5. The van der Waals surface area contributed by atoms with Crippen LogP contribution in [0.4, 0.5) is 5.69 Å². The predicted octanol–water partition coefficient (Wildman–Crippen LogP) is 5.77. The molecule has 1 fully saturated rings. The number of ether oxygens (including phenoxy) is 3. The smallest absolute Gasteiger partial charge is 0.185 e. The van der Waals surface area contributed by atoms with Crippen molar-refractivity contribution >= 4 is 33.5 Å². The summed E-state index contributed by atoms with van der Waals surface area (Å²) in [5.74, 6) is 1.46. The number of halogens is 1. The van der Waals surface area contributed by atoms with Gasteiger partial charge in [0.2, 0.25) is 0 Å². The van der Waals surface area contributed by atoms with Gasteiger partial charge in [-0.05, 0) is 76.1 Å². The fraction of sp³-hybridized carbons (Fsp3) is 0.222. The SMILES string of the molecule is COc1ccc(/C=C/C(=O)c2ccc(N3CCOCC3)cc2)cc1COc1ccccc1Br. The van der Waals surface area contributed by atoms with E-state index in [-0.39, 0.29) is 5.78 Å². The van der Waals surface area contributed by atoms with Gasteiger partial charge in [-0.15, -0.1) is 0 Å². The Bertz CT molecular complexity index is 1120. The molecule has 1 heterocycles. The van der Waals surface area contributed by atoms with Crippen molar-refractivity contribution in [3.8, 4) is 11.5 Å². The largest absolute Gasteiger partial charge is 0.496 e. The number of ketones is 1. The number of rotatable bonds is 8. The first-order valence-electron chi connectivity index (χ1n) is 10.8. The van der Waals surface area contributed by atoms with Crippen LogP contribution in [0.15, 0.2) is 77.3 Å². The van der Waals surface area contributed by atoms with Gasteiger partial charge in [-0.3, -0.25) is 4.79 Å². The zero-order chi connectivity index (χ0) is 23.0. The summed E-state index contributed by atoms with van der Waals surface area (Å²) in [7, 11) is 1.64. The van der Waals surface area contributed by atoms with Crippen molar-refractivity contribution in [2.75, 3.05) is 38.3 Å². The van der Waals surface area contributed by atoms with Crippen LogP contribution < -0.4 is 14.4 Å². The third kappa shape index (κ3) is 6.03. The van der Waals surface area contributed by atoms with Crippen molar-refractivity contribution in [1.29, 1.82) is 0 Å². The highest BCUT2D eigenvalue weighted by Gasteiger charge is 2.12. The highest BCUT2D eigenvalue weighted by Crippen LogP contribution is 2.27. The van der Waals surface area contributed by atoms with Crippen LogP contribution in [0.1, 0.15) is 21.5 Å². The lowest BCUT2D eigenvalue weighted by atomic mass is 10.1. The molecule has 0 N–H and O–H groups in total. The fourth-order valence-electron chi connectivity index (χ4n) is 3.66. The first kappa shape index (κ1) is 23.1. The highest BCUT2D eigenvalue weighted by atomic mass is 79.9. The first-order chi connectivity index (χ1) is 16.1. The summed E-state index contributed by atoms with van der Waals surface area (Å²) < 4.78 is 17.7. The van der Waals surface area contributed by atoms with Gasteiger partial charge in [0.05, 0.1) is 24.8 Å². The van der Waals surface area contributed by atoms with Gasteiger partial charge in [-0.1, -0.05) is 24.3 Å². The molecule has 0 spiro atoms. The Balaban J connectivity index is 1.43. The molecule has 1 saturated heterocycles. The van der Waals surface area contributed by atoms with Crippen LogP contribution in [0.25, 0.3) is 6.08 Å². The molecule has 1 aliphatic rings. The van der Waals surface area contributed by atoms with Gasteiger partial charge in [0.25, 0.3) is 0 Å². The van der Waals surface area contributed by atoms with Gasteiger partial charge in [-0.25, -0.2) is 0 Å². The van der Waals surface area contributed by atoms with Crippen molar-refractivity contribution in [3.63, 3.8) is 0 Å². The van der Waals surface area contributed by atoms with E-state index >= 15 is 0 Å². The molecular formula is C27H26BrNO4. The minimum Gasteiger partial charge on any atom is -0.496 e. The summed E-state index contributed by atoms with van der Waals surface area (Å²) in [5.41, 5.74) is 3.58. The average molecular weight is 508 g/mol. The van der Waals surface area contributed by atoms with E-state index in [1.807, 2.05) is 72.8 Å². The Labute approximate surface area is 202 Å². The Hall–Kier alpha value is -3.09. The molecular weight excluding hydrogens is 482 g/mol. The molecule has 0 unspecified atom stereocenters. The predicted molar refractivity (Wildman–Crippen MR) is 134 cm³/mol. The highest BCUT2D eigenvalue weighted by molar-refractivity contribution is 9.10. The monoisotopic (exact) mass is 507 g/mol. The van der Waals surface area contributed by atoms with E-state index in [4.69, 9.17) is 14.2 Å². The van der Waals surface area contributed by atoms with Crippen molar-refractivity contribution in [2.45, 2.75) is 6.61 Å². The number of carbonyl (C=O) groups excluding carboxylic acids is 1. The van der Waals surface area contributed by atoms with Gasteiger partial charge in [0, 0.05) is 29.9 Å². The van der Waals surface area contributed by atoms with Crippen LogP contribution >= 0.6 is 15.9 Å². The van der Waals surface area contributed by atoms with E-state index in [2.05, 4.69) is 20.8 Å². The second-order valence-corrected chi connectivity index (χ2v) is 8.49. The van der Waals surface area contributed by atoms with E-state index < -0.39 is 0 Å². The molecule has 1 aliphatic heterocycles. The molecule has 3 aromatic rings. The number of carbonyl (C=O) groups is 1. The molecule has 0 atom stereocenters. The van der Waals surface area contributed by atoms with E-state index in [0.29, 0.717) is 12.2 Å². The summed E-state index contributed by atoms with van der Waals surface area (Å²) in [4.78, 5) is 15.0. The average Bonchev–Trinajstić information content (AvgIpc) is 2.87. The molecule has 3 aromatic carbocycles. The van der Waals surface area contributed by atoms with Gasteiger partial charge < -0.3 is 19.1 Å². The maximum absolute atomic E-state index is 12.7. The Morgan fingerprint density at radius 1 is 1.03 bits per heavy atom. The number of methoxy groups -OCH3 is 1. The molecule has 0 amide bonds. The maximum Gasteiger partial charge on any atom is 0.185 e. The first-order valence-corrected chi connectivity index (χ1v) is 11.6. The number of morpholine rings is 1. The number of benzene rings is 3. The number of hydrogen-bond donors (Lipinski definition) is 0. The Morgan fingerprint density at radius 2 is 1.79 bits per heavy atom. The molecule has 6 heteroatoms. The molecule has 4 rings (SSSR count). The quantitative estimate of drug-likeness (QED) is 0.286. The number of hydrogen-bond acceptors (Lipinski definition) is 5. The van der Waals surface area contributed by atoms with E-state index in [1.54, 1.807) is 13.2 Å². The molecule has 0 radical (unpaired) electrons. The van der Waals surface area contributed by atoms with Crippen LogP contribution in [0.5, 0.6) is 11.5 Å². The van der Waals surface area contributed by atoms with E-state index in [9.17, 15) is 4.79 Å². The third-order valence-corrected chi connectivity index (χ3v) is 6.13. The fourth-order valence-corrected chi connectivity index (χ4v) is 4.06. The zero-order valence-corrected chi connectivity index (χ0v) is 20.1. The molecule has 5 nitrogen and oxygen atoms in total. The van der Waals surface area contributed by atoms with Gasteiger partial charge in [0.15, 0.2) is 5.78 Å². The summed E-state index contributed by atoms with van der Waals surface area (Å²) in [6.45, 7) is 3.57. The van der Waals surface area contributed by atoms with Crippen LogP contribution in [0, 0.1) is 0 Å². The van der Waals surface area contributed by atoms with Gasteiger partial charge in [0.1, 0.15) is 18.1 Å². The molecule has 0 aliphatic carbocycles. The molecule has 0 bridgehead atoms. The van der Waals surface area contributed by atoms with Crippen molar-refractivity contribution < 1.29 is 19.0 Å². The Kier molecular flexibility index (Phi) is 7.81. The lowest BCUT2D eigenvalue weighted by Crippen LogP contribution is -2.36.